The maximum absolute atomic E-state index is 13.3. The van der Waals surface area contributed by atoms with Crippen LogP contribution in [-0.2, 0) is 19.5 Å². The third kappa shape index (κ3) is 3.68. The summed E-state index contributed by atoms with van der Waals surface area (Å²) >= 11 is 1.45. The van der Waals surface area contributed by atoms with Crippen molar-refractivity contribution in [3.8, 4) is 0 Å². The highest BCUT2D eigenvalue weighted by atomic mass is 32.1. The third-order valence-electron chi connectivity index (χ3n) is 5.25. The lowest BCUT2D eigenvalue weighted by Gasteiger charge is -2.13. The Morgan fingerprint density at radius 1 is 0.897 bits per heavy atom. The van der Waals surface area contributed by atoms with Gasteiger partial charge in [0.1, 0.15) is 10.6 Å². The molecule has 29 heavy (non-hydrogen) atoms. The summed E-state index contributed by atoms with van der Waals surface area (Å²) in [6.45, 7) is 4.49. The summed E-state index contributed by atoms with van der Waals surface area (Å²) in [6, 6.07) is 15.9. The molecule has 0 saturated heterocycles. The van der Waals surface area contributed by atoms with E-state index in [0.717, 1.165) is 21.6 Å². The lowest BCUT2D eigenvalue weighted by atomic mass is 10.1. The van der Waals surface area contributed by atoms with Crippen molar-refractivity contribution in [3.63, 3.8) is 0 Å². The van der Waals surface area contributed by atoms with Crippen molar-refractivity contribution in [2.24, 2.45) is 0 Å². The molecule has 0 fully saturated rings. The molecule has 0 aliphatic rings. The normalized spacial score (nSPS) is 11.3. The van der Waals surface area contributed by atoms with Crippen LogP contribution in [0.5, 0.6) is 0 Å². The predicted molar refractivity (Wildman–Crippen MR) is 115 cm³/mol. The van der Waals surface area contributed by atoms with Crippen molar-refractivity contribution in [1.29, 1.82) is 0 Å². The lowest BCUT2D eigenvalue weighted by Crippen LogP contribution is -2.40. The largest absolute Gasteiger partial charge is 0.332 e. The number of rotatable bonds is 5. The third-order valence-corrected chi connectivity index (χ3v) is 6.48. The summed E-state index contributed by atoms with van der Waals surface area (Å²) in [6.07, 6.45) is 0.597. The Morgan fingerprint density at radius 3 is 2.28 bits per heavy atom. The predicted octanol–water partition coefficient (Wildman–Crippen LogP) is 4.27. The molecule has 6 heteroatoms. The van der Waals surface area contributed by atoms with Gasteiger partial charge in [-0.15, -0.1) is 11.3 Å². The number of halogens is 1. The fourth-order valence-corrected chi connectivity index (χ4v) is 4.64. The van der Waals surface area contributed by atoms with Crippen LogP contribution in [0.4, 0.5) is 4.39 Å². The molecule has 0 radical (unpaired) electrons. The van der Waals surface area contributed by atoms with Crippen LogP contribution in [0.3, 0.4) is 0 Å². The van der Waals surface area contributed by atoms with Crippen LogP contribution in [0.2, 0.25) is 0 Å². The molecule has 0 aliphatic carbocycles. The van der Waals surface area contributed by atoms with Crippen LogP contribution in [0.25, 0.3) is 10.2 Å². The highest BCUT2D eigenvalue weighted by molar-refractivity contribution is 7.18. The fraction of sp³-hybridized carbons (Fsp3) is 0.217. The number of hydrogen-bond acceptors (Lipinski definition) is 3. The number of thiophene rings is 1. The van der Waals surface area contributed by atoms with Crippen LogP contribution >= 0.6 is 11.3 Å². The minimum absolute atomic E-state index is 0.238. The van der Waals surface area contributed by atoms with Gasteiger partial charge in [-0.1, -0.05) is 42.5 Å². The molecule has 4 aromatic rings. The number of fused-ring (bicyclic) bond motifs is 1. The van der Waals surface area contributed by atoms with Crippen molar-refractivity contribution < 1.29 is 4.39 Å². The van der Waals surface area contributed by atoms with Crippen LogP contribution in [0.15, 0.2) is 64.2 Å². The summed E-state index contributed by atoms with van der Waals surface area (Å²) in [5.41, 5.74) is 2.23. The second kappa shape index (κ2) is 7.79. The number of aromatic nitrogens is 2. The van der Waals surface area contributed by atoms with Crippen LogP contribution in [-0.4, -0.2) is 9.13 Å². The van der Waals surface area contributed by atoms with E-state index in [4.69, 9.17) is 0 Å². The molecule has 4 rings (SSSR count). The molecule has 0 spiro atoms. The van der Waals surface area contributed by atoms with E-state index in [1.807, 2.05) is 44.2 Å². The SMILES string of the molecule is Cc1sc2c(c1C)c(=O)n(CCc1ccccc1)c(=O)n2Cc1ccc(F)cc1. The first-order valence-corrected chi connectivity index (χ1v) is 10.3. The zero-order valence-corrected chi connectivity index (χ0v) is 17.1. The van der Waals surface area contributed by atoms with Gasteiger partial charge >= 0.3 is 5.69 Å². The standard InChI is InChI=1S/C23H21FN2O2S/c1-15-16(2)29-22-20(15)21(27)25(13-12-17-6-4-3-5-7-17)23(28)26(22)14-18-8-10-19(24)11-9-18/h3-11H,12-14H2,1-2H3. The smallest absolute Gasteiger partial charge is 0.280 e. The minimum atomic E-state index is -0.330. The van der Waals surface area contributed by atoms with Gasteiger partial charge in [0.05, 0.1) is 11.9 Å². The van der Waals surface area contributed by atoms with Gasteiger partial charge in [0.25, 0.3) is 5.56 Å². The summed E-state index contributed by atoms with van der Waals surface area (Å²) in [7, 11) is 0. The molecular formula is C23H21FN2O2S. The van der Waals surface area contributed by atoms with Crippen LogP contribution in [0.1, 0.15) is 21.6 Å². The number of benzene rings is 2. The highest BCUT2D eigenvalue weighted by Gasteiger charge is 2.18. The number of hydrogen-bond donors (Lipinski definition) is 0. The molecule has 148 valence electrons. The Hall–Kier alpha value is -2.99. The Labute approximate surface area is 171 Å². The van der Waals surface area contributed by atoms with Crippen LogP contribution in [0, 0.1) is 19.7 Å². The Bertz CT molecular complexity index is 1290. The van der Waals surface area contributed by atoms with E-state index in [1.165, 1.54) is 28.0 Å². The Balaban J connectivity index is 1.85. The van der Waals surface area contributed by atoms with Crippen molar-refractivity contribution >= 4 is 21.6 Å². The van der Waals surface area contributed by atoms with Crippen molar-refractivity contribution in [2.45, 2.75) is 33.4 Å². The maximum atomic E-state index is 13.3. The monoisotopic (exact) mass is 408 g/mol. The molecule has 0 N–H and O–H groups in total. The minimum Gasteiger partial charge on any atom is -0.280 e. The second-order valence-corrected chi connectivity index (χ2v) is 8.35. The van der Waals surface area contributed by atoms with Gasteiger partial charge in [0.15, 0.2) is 0 Å². The molecule has 0 amide bonds. The Kier molecular flexibility index (Phi) is 5.20. The zero-order chi connectivity index (χ0) is 20.5. The molecule has 0 aliphatic heterocycles. The van der Waals surface area contributed by atoms with Gasteiger partial charge in [-0.25, -0.2) is 9.18 Å². The van der Waals surface area contributed by atoms with Crippen molar-refractivity contribution in [2.75, 3.05) is 0 Å². The van der Waals surface area contributed by atoms with E-state index in [9.17, 15) is 14.0 Å². The average Bonchev–Trinajstić information content (AvgIpc) is 3.02. The fourth-order valence-electron chi connectivity index (χ4n) is 3.50. The molecule has 0 atom stereocenters. The van der Waals surface area contributed by atoms with Gasteiger partial charge in [-0.3, -0.25) is 13.9 Å². The van der Waals surface area contributed by atoms with E-state index in [2.05, 4.69) is 0 Å². The summed E-state index contributed by atoms with van der Waals surface area (Å²) < 4.78 is 16.3. The van der Waals surface area contributed by atoms with Crippen molar-refractivity contribution in [1.82, 2.24) is 9.13 Å². The van der Waals surface area contributed by atoms with E-state index in [0.29, 0.717) is 29.7 Å². The molecule has 0 bridgehead atoms. The number of nitrogens with zero attached hydrogens (tertiary/aromatic N) is 2. The van der Waals surface area contributed by atoms with E-state index in [-0.39, 0.29) is 17.1 Å². The molecule has 2 heterocycles. The second-order valence-electron chi connectivity index (χ2n) is 7.15. The van der Waals surface area contributed by atoms with Gasteiger partial charge in [0.2, 0.25) is 0 Å². The van der Waals surface area contributed by atoms with Crippen LogP contribution < -0.4 is 11.2 Å². The number of aryl methyl sites for hydroxylation is 3. The van der Waals surface area contributed by atoms with E-state index >= 15 is 0 Å². The van der Waals surface area contributed by atoms with Gasteiger partial charge in [-0.05, 0) is 49.1 Å². The topological polar surface area (TPSA) is 44.0 Å². The molecule has 0 saturated carbocycles. The van der Waals surface area contributed by atoms with Gasteiger partial charge in [0, 0.05) is 11.4 Å². The van der Waals surface area contributed by atoms with E-state index < -0.39 is 0 Å². The summed E-state index contributed by atoms with van der Waals surface area (Å²) in [5.74, 6) is -0.318. The molecule has 2 aromatic carbocycles. The zero-order valence-electron chi connectivity index (χ0n) is 16.3. The summed E-state index contributed by atoms with van der Waals surface area (Å²) in [5, 5.41) is 0.599. The average molecular weight is 408 g/mol. The first-order chi connectivity index (χ1) is 14.0. The molecular weight excluding hydrogens is 387 g/mol. The maximum Gasteiger partial charge on any atom is 0.332 e. The molecule has 4 nitrogen and oxygen atoms in total. The van der Waals surface area contributed by atoms with Gasteiger partial charge in [-0.2, -0.15) is 0 Å². The Morgan fingerprint density at radius 2 is 1.59 bits per heavy atom. The van der Waals surface area contributed by atoms with Gasteiger partial charge < -0.3 is 0 Å². The molecule has 2 aromatic heterocycles. The lowest BCUT2D eigenvalue weighted by molar-refractivity contribution is 0.590. The first-order valence-electron chi connectivity index (χ1n) is 9.47. The highest BCUT2D eigenvalue weighted by Crippen LogP contribution is 2.27. The quantitative estimate of drug-likeness (QED) is 0.495. The first kappa shape index (κ1) is 19.3. The van der Waals surface area contributed by atoms with Crippen molar-refractivity contribution in [3.05, 3.63) is 103 Å². The molecule has 0 unspecified atom stereocenters. The summed E-state index contributed by atoms with van der Waals surface area (Å²) in [4.78, 5) is 28.1. The van der Waals surface area contributed by atoms with E-state index in [1.54, 1.807) is 16.7 Å².